The van der Waals surface area contributed by atoms with Crippen LogP contribution in [0.4, 0.5) is 0 Å². The molecule has 0 aliphatic heterocycles. The highest BCUT2D eigenvalue weighted by Gasteiger charge is 2.38. The van der Waals surface area contributed by atoms with Crippen LogP contribution in [-0.4, -0.2) is 19.5 Å². The summed E-state index contributed by atoms with van der Waals surface area (Å²) < 4.78 is 5.12. The first-order chi connectivity index (χ1) is 23.1. The third-order valence-electron chi connectivity index (χ3n) is 9.88. The highest BCUT2D eigenvalue weighted by molar-refractivity contribution is 7.26. The fraction of sp³-hybridized carbons (Fsp3) is 0.0714. The zero-order valence-corrected chi connectivity index (χ0v) is 26.7. The van der Waals surface area contributed by atoms with Gasteiger partial charge in [-0.1, -0.05) is 86.6 Å². The van der Waals surface area contributed by atoms with Crippen molar-refractivity contribution in [2.75, 3.05) is 0 Å². The minimum Gasteiger partial charge on any atom is -0.309 e. The molecule has 0 radical (unpaired) electrons. The number of fused-ring (bicyclic) bond motifs is 11. The lowest BCUT2D eigenvalue weighted by Crippen LogP contribution is -2.16. The smallest absolute Gasteiger partial charge is 0.0915 e. The number of benzene rings is 4. The molecule has 47 heavy (non-hydrogen) atoms. The van der Waals surface area contributed by atoms with E-state index in [0.717, 1.165) is 28.5 Å². The number of pyridine rings is 3. The molecule has 5 heterocycles. The normalized spacial score (nSPS) is 13.5. The maximum Gasteiger partial charge on any atom is 0.0915 e. The molecule has 4 aromatic carbocycles. The number of nitrogens with zero attached hydrogens (tertiary/aromatic N) is 4. The summed E-state index contributed by atoms with van der Waals surface area (Å²) in [5.74, 6) is 0. The third kappa shape index (κ3) is 3.72. The Balaban J connectivity index is 1.40. The second-order valence-corrected chi connectivity index (χ2v) is 13.9. The van der Waals surface area contributed by atoms with Crippen LogP contribution in [0, 0.1) is 0 Å². The summed E-state index contributed by atoms with van der Waals surface area (Å²) in [7, 11) is 0. The van der Waals surface area contributed by atoms with Crippen LogP contribution in [0.3, 0.4) is 0 Å². The van der Waals surface area contributed by atoms with Gasteiger partial charge in [-0.3, -0.25) is 9.97 Å². The molecule has 0 atom stereocenters. The monoisotopic (exact) mass is 620 g/mol. The second kappa shape index (κ2) is 9.68. The summed E-state index contributed by atoms with van der Waals surface area (Å²) in [6.45, 7) is 4.75. The van der Waals surface area contributed by atoms with Crippen molar-refractivity contribution in [2.45, 2.75) is 19.3 Å². The number of aromatic nitrogens is 4. The van der Waals surface area contributed by atoms with Gasteiger partial charge >= 0.3 is 0 Å². The summed E-state index contributed by atoms with van der Waals surface area (Å²) >= 11 is 1.89. The van der Waals surface area contributed by atoms with Crippen molar-refractivity contribution in [1.29, 1.82) is 0 Å². The second-order valence-electron chi connectivity index (χ2n) is 12.9. The molecule has 1 aliphatic carbocycles. The van der Waals surface area contributed by atoms with Crippen molar-refractivity contribution in [3.63, 3.8) is 0 Å². The van der Waals surface area contributed by atoms with E-state index in [1.807, 2.05) is 60.1 Å². The van der Waals surface area contributed by atoms with Gasteiger partial charge in [-0.05, 0) is 70.8 Å². The average molecular weight is 621 g/mol. The predicted molar refractivity (Wildman–Crippen MR) is 195 cm³/mol. The fourth-order valence-corrected chi connectivity index (χ4v) is 9.09. The number of thiophene rings is 1. The highest BCUT2D eigenvalue weighted by Crippen LogP contribution is 2.54. The van der Waals surface area contributed by atoms with Crippen LogP contribution in [-0.2, 0) is 5.41 Å². The van der Waals surface area contributed by atoms with E-state index >= 15 is 0 Å². The molecule has 5 aromatic heterocycles. The van der Waals surface area contributed by atoms with Crippen LogP contribution < -0.4 is 0 Å². The third-order valence-corrected chi connectivity index (χ3v) is 11.1. The largest absolute Gasteiger partial charge is 0.309 e. The van der Waals surface area contributed by atoms with Gasteiger partial charge in [0.1, 0.15) is 0 Å². The highest BCUT2D eigenvalue weighted by atomic mass is 32.1. The molecule has 222 valence electrons. The Kier molecular flexibility index (Phi) is 5.47. The fourth-order valence-electron chi connectivity index (χ4n) is 7.83. The maximum atomic E-state index is 5.12. The van der Waals surface area contributed by atoms with E-state index in [4.69, 9.17) is 15.0 Å². The van der Waals surface area contributed by atoms with Gasteiger partial charge in [0.05, 0.1) is 39.5 Å². The van der Waals surface area contributed by atoms with Gasteiger partial charge in [0.25, 0.3) is 0 Å². The van der Waals surface area contributed by atoms with Gasteiger partial charge in [0.2, 0.25) is 0 Å². The van der Waals surface area contributed by atoms with Crippen LogP contribution in [0.25, 0.3) is 81.6 Å². The summed E-state index contributed by atoms with van der Waals surface area (Å²) in [5.41, 5.74) is 11.9. The first-order valence-corrected chi connectivity index (χ1v) is 16.8. The van der Waals surface area contributed by atoms with E-state index < -0.39 is 0 Å². The van der Waals surface area contributed by atoms with Crippen molar-refractivity contribution < 1.29 is 0 Å². The minimum atomic E-state index is -0.197. The van der Waals surface area contributed by atoms with Crippen LogP contribution in [0.15, 0.2) is 134 Å². The molecule has 10 rings (SSSR count). The summed E-state index contributed by atoms with van der Waals surface area (Å²) in [6, 6.07) is 43.4. The lowest BCUT2D eigenvalue weighted by atomic mass is 9.81. The van der Waals surface area contributed by atoms with E-state index in [2.05, 4.69) is 103 Å². The van der Waals surface area contributed by atoms with Crippen molar-refractivity contribution >= 4 is 53.3 Å². The molecule has 0 saturated carbocycles. The Labute approximate surface area is 275 Å². The number of hydrogen-bond donors (Lipinski definition) is 0. The van der Waals surface area contributed by atoms with Crippen molar-refractivity contribution in [3.05, 3.63) is 145 Å². The topological polar surface area (TPSA) is 43.6 Å². The average Bonchev–Trinajstić information content (AvgIpc) is 3.74. The molecule has 0 saturated heterocycles. The predicted octanol–water partition coefficient (Wildman–Crippen LogP) is 11.0. The Morgan fingerprint density at radius 3 is 2.02 bits per heavy atom. The van der Waals surface area contributed by atoms with Crippen molar-refractivity contribution in [3.8, 4) is 39.6 Å². The van der Waals surface area contributed by atoms with Crippen LogP contribution in [0.5, 0.6) is 0 Å². The summed E-state index contributed by atoms with van der Waals surface area (Å²) in [4.78, 5) is 14.5. The summed E-state index contributed by atoms with van der Waals surface area (Å²) in [6.07, 6.45) is 3.66. The molecule has 0 fully saturated rings. The first-order valence-electron chi connectivity index (χ1n) is 15.9. The van der Waals surface area contributed by atoms with Crippen LogP contribution in [0.2, 0.25) is 0 Å². The summed E-state index contributed by atoms with van der Waals surface area (Å²) in [5, 5.41) is 5.18. The number of rotatable bonds is 3. The van der Waals surface area contributed by atoms with E-state index in [-0.39, 0.29) is 5.41 Å². The quantitative estimate of drug-likeness (QED) is 0.197. The Hall–Kier alpha value is -5.65. The van der Waals surface area contributed by atoms with Gasteiger partial charge < -0.3 is 4.57 Å². The molecule has 0 bridgehead atoms. The van der Waals surface area contributed by atoms with Crippen molar-refractivity contribution in [1.82, 2.24) is 19.5 Å². The molecular formula is C42H28N4S. The lowest BCUT2D eigenvalue weighted by molar-refractivity contribution is 0.664. The SMILES string of the molecule is CC1(C)c2ccccc2-c2ccc3c4c5sc6ccccc6c5ccc4n(-c4cc(-c5ccccn5)nc(-c5ccccn5)c4)c3c21. The Bertz CT molecular complexity index is 2640. The lowest BCUT2D eigenvalue weighted by Gasteiger charge is -2.24. The molecule has 4 nitrogen and oxygen atoms in total. The molecule has 0 N–H and O–H groups in total. The molecular weight excluding hydrogens is 593 g/mol. The van der Waals surface area contributed by atoms with Crippen molar-refractivity contribution in [2.24, 2.45) is 0 Å². The zero-order valence-electron chi connectivity index (χ0n) is 25.9. The van der Waals surface area contributed by atoms with Gasteiger partial charge in [0.15, 0.2) is 0 Å². The van der Waals surface area contributed by atoms with E-state index in [1.54, 1.807) is 0 Å². The van der Waals surface area contributed by atoms with Gasteiger partial charge in [-0.2, -0.15) is 0 Å². The minimum absolute atomic E-state index is 0.197. The van der Waals surface area contributed by atoms with Crippen LogP contribution >= 0.6 is 11.3 Å². The molecule has 1 aliphatic rings. The maximum absolute atomic E-state index is 5.12. The molecule has 5 heteroatoms. The molecule has 0 spiro atoms. The standard InChI is InChI=1S/C42H28N4S/c1-42(2)31-13-5-3-11-26(31)28-17-18-30-38-36(20-19-29-27-12-4-6-16-37(27)47-41(29)38)46(40(30)39(28)42)25-23-34(32-14-7-9-21-43-32)45-35(24-25)33-15-8-10-22-44-33/h3-24H,1-2H3. The van der Waals surface area contributed by atoms with E-state index in [9.17, 15) is 0 Å². The van der Waals surface area contributed by atoms with Crippen LogP contribution in [0.1, 0.15) is 25.0 Å². The molecule has 0 unspecified atom stereocenters. The first kappa shape index (κ1) is 26.6. The van der Waals surface area contributed by atoms with Gasteiger partial charge in [-0.25, -0.2) is 4.98 Å². The number of hydrogen-bond acceptors (Lipinski definition) is 4. The van der Waals surface area contributed by atoms with E-state index in [0.29, 0.717) is 0 Å². The molecule has 9 aromatic rings. The molecule has 0 amide bonds. The Morgan fingerprint density at radius 1 is 0.596 bits per heavy atom. The Morgan fingerprint density at radius 2 is 1.28 bits per heavy atom. The van der Waals surface area contributed by atoms with Gasteiger partial charge in [-0.15, -0.1) is 11.3 Å². The zero-order chi connectivity index (χ0) is 31.3. The van der Waals surface area contributed by atoms with Gasteiger partial charge in [0, 0.05) is 48.8 Å². The van der Waals surface area contributed by atoms with E-state index in [1.165, 1.54) is 64.2 Å².